The summed E-state index contributed by atoms with van der Waals surface area (Å²) in [6.07, 6.45) is 4.52. The van der Waals surface area contributed by atoms with E-state index in [4.69, 9.17) is 0 Å². The van der Waals surface area contributed by atoms with Crippen molar-refractivity contribution in [2.75, 3.05) is 19.6 Å². The second kappa shape index (κ2) is 4.59. The van der Waals surface area contributed by atoms with Gasteiger partial charge in [-0.25, -0.2) is 0 Å². The maximum absolute atomic E-state index is 12.7. The van der Waals surface area contributed by atoms with Gasteiger partial charge in [-0.2, -0.15) is 0 Å². The highest BCUT2D eigenvalue weighted by Gasteiger charge is 2.58. The Morgan fingerprint density at radius 3 is 2.75 bits per heavy atom. The van der Waals surface area contributed by atoms with E-state index in [0.29, 0.717) is 17.2 Å². The Morgan fingerprint density at radius 1 is 1.20 bits per heavy atom. The molecule has 3 nitrogen and oxygen atoms in total. The Balaban J connectivity index is 1.46. The lowest BCUT2D eigenvalue weighted by molar-refractivity contribution is -0.134. The first-order chi connectivity index (χ1) is 9.78. The van der Waals surface area contributed by atoms with Crippen molar-refractivity contribution in [2.45, 2.75) is 32.2 Å². The molecular formula is C17H22N2O. The third-order valence-corrected chi connectivity index (χ3v) is 5.53. The van der Waals surface area contributed by atoms with Gasteiger partial charge in [0.2, 0.25) is 5.91 Å². The monoisotopic (exact) mass is 270 g/mol. The van der Waals surface area contributed by atoms with Crippen LogP contribution in [-0.2, 0) is 17.8 Å². The third-order valence-electron chi connectivity index (χ3n) is 5.53. The molecule has 3 aliphatic rings. The zero-order valence-electron chi connectivity index (χ0n) is 11.9. The predicted octanol–water partition coefficient (Wildman–Crippen LogP) is 1.96. The highest BCUT2D eigenvalue weighted by Crippen LogP contribution is 2.59. The normalized spacial score (nSPS) is 27.2. The van der Waals surface area contributed by atoms with E-state index >= 15 is 0 Å². The van der Waals surface area contributed by atoms with E-state index in [-0.39, 0.29) is 0 Å². The number of carbonyl (C=O) groups is 1. The SMILES string of the molecule is O=C([C@@H]1CC12CCNCC2)N1CCc2ccccc2C1. The van der Waals surface area contributed by atoms with E-state index in [1.54, 1.807) is 0 Å². The van der Waals surface area contributed by atoms with Crippen LogP contribution >= 0.6 is 0 Å². The van der Waals surface area contributed by atoms with Gasteiger partial charge in [-0.1, -0.05) is 24.3 Å². The van der Waals surface area contributed by atoms with Crippen LogP contribution in [0.3, 0.4) is 0 Å². The van der Waals surface area contributed by atoms with Crippen molar-refractivity contribution < 1.29 is 4.79 Å². The summed E-state index contributed by atoms with van der Waals surface area (Å²) >= 11 is 0. The van der Waals surface area contributed by atoms with E-state index in [2.05, 4.69) is 34.5 Å². The molecule has 1 aliphatic carbocycles. The van der Waals surface area contributed by atoms with Crippen molar-refractivity contribution in [1.82, 2.24) is 10.2 Å². The summed E-state index contributed by atoms with van der Waals surface area (Å²) in [5.74, 6) is 0.733. The molecule has 4 rings (SSSR count). The summed E-state index contributed by atoms with van der Waals surface area (Å²) in [7, 11) is 0. The van der Waals surface area contributed by atoms with Gasteiger partial charge in [0, 0.05) is 19.0 Å². The predicted molar refractivity (Wildman–Crippen MR) is 78.2 cm³/mol. The van der Waals surface area contributed by atoms with Crippen molar-refractivity contribution >= 4 is 5.91 Å². The summed E-state index contributed by atoms with van der Waals surface area (Å²) in [5.41, 5.74) is 3.12. The molecule has 3 heteroatoms. The van der Waals surface area contributed by atoms with Crippen LogP contribution in [0.5, 0.6) is 0 Å². The minimum absolute atomic E-state index is 0.315. The van der Waals surface area contributed by atoms with Crippen molar-refractivity contribution in [3.63, 3.8) is 0 Å². The number of hydrogen-bond donors (Lipinski definition) is 1. The molecule has 0 unspecified atom stereocenters. The molecule has 2 aliphatic heterocycles. The largest absolute Gasteiger partial charge is 0.338 e. The first-order valence-electron chi connectivity index (χ1n) is 7.85. The molecule has 1 N–H and O–H groups in total. The van der Waals surface area contributed by atoms with Crippen LogP contribution in [0.2, 0.25) is 0 Å². The summed E-state index contributed by atoms with van der Waals surface area (Å²) in [6.45, 7) is 3.90. The second-order valence-electron chi connectivity index (χ2n) is 6.65. The molecule has 0 bridgehead atoms. The molecule has 1 saturated carbocycles. The van der Waals surface area contributed by atoms with Crippen molar-refractivity contribution in [3.05, 3.63) is 35.4 Å². The molecule has 0 aromatic heterocycles. The van der Waals surface area contributed by atoms with Crippen LogP contribution in [0.1, 0.15) is 30.4 Å². The molecule has 1 saturated heterocycles. The number of carbonyl (C=O) groups excluding carboxylic acids is 1. The number of amides is 1. The number of benzene rings is 1. The van der Waals surface area contributed by atoms with Gasteiger partial charge in [0.05, 0.1) is 0 Å². The van der Waals surface area contributed by atoms with Gasteiger partial charge in [0.15, 0.2) is 0 Å². The van der Waals surface area contributed by atoms with Gasteiger partial charge in [0.25, 0.3) is 0 Å². The van der Waals surface area contributed by atoms with Crippen LogP contribution < -0.4 is 5.32 Å². The zero-order valence-corrected chi connectivity index (χ0v) is 11.9. The molecule has 1 amide bonds. The highest BCUT2D eigenvalue weighted by molar-refractivity contribution is 5.83. The molecule has 1 aromatic carbocycles. The fourth-order valence-electron chi connectivity index (χ4n) is 4.08. The lowest BCUT2D eigenvalue weighted by Gasteiger charge is -2.31. The summed E-state index contributed by atoms with van der Waals surface area (Å²) < 4.78 is 0. The second-order valence-corrected chi connectivity index (χ2v) is 6.65. The van der Waals surface area contributed by atoms with Gasteiger partial charge in [0.1, 0.15) is 0 Å². The van der Waals surface area contributed by atoms with E-state index < -0.39 is 0 Å². The van der Waals surface area contributed by atoms with Crippen molar-refractivity contribution in [2.24, 2.45) is 11.3 Å². The topological polar surface area (TPSA) is 32.3 Å². The van der Waals surface area contributed by atoms with E-state index in [0.717, 1.165) is 39.0 Å². The lowest BCUT2D eigenvalue weighted by Crippen LogP contribution is -2.39. The Bertz CT molecular complexity index is 534. The number of fused-ring (bicyclic) bond motifs is 1. The fourth-order valence-corrected chi connectivity index (χ4v) is 4.08. The van der Waals surface area contributed by atoms with E-state index in [1.165, 1.54) is 24.0 Å². The van der Waals surface area contributed by atoms with Crippen LogP contribution in [0.4, 0.5) is 0 Å². The lowest BCUT2D eigenvalue weighted by atomic mass is 9.91. The Labute approximate surface area is 120 Å². The average molecular weight is 270 g/mol. The molecule has 2 fully saturated rings. The minimum Gasteiger partial charge on any atom is -0.338 e. The minimum atomic E-state index is 0.315. The molecule has 0 radical (unpaired) electrons. The van der Waals surface area contributed by atoms with Crippen LogP contribution in [-0.4, -0.2) is 30.4 Å². The van der Waals surface area contributed by atoms with E-state index in [1.807, 2.05) is 0 Å². The number of nitrogens with one attached hydrogen (secondary N) is 1. The Kier molecular flexibility index (Phi) is 2.84. The molecular weight excluding hydrogens is 248 g/mol. The molecule has 106 valence electrons. The third kappa shape index (κ3) is 1.96. The van der Waals surface area contributed by atoms with Crippen LogP contribution in [0, 0.1) is 11.3 Å². The van der Waals surface area contributed by atoms with Gasteiger partial charge in [-0.05, 0) is 55.3 Å². The number of piperidine rings is 1. The first kappa shape index (κ1) is 12.4. The molecule has 1 spiro atoms. The quantitative estimate of drug-likeness (QED) is 0.846. The van der Waals surface area contributed by atoms with Gasteiger partial charge < -0.3 is 10.2 Å². The number of nitrogens with zero attached hydrogens (tertiary/aromatic N) is 1. The standard InChI is InChI=1S/C17H22N2O/c20-16(15-11-17(15)6-8-18-9-7-17)19-10-5-13-3-1-2-4-14(13)12-19/h1-4,15,18H,5-12H2/t15-/m0/s1. The molecule has 1 aromatic rings. The zero-order chi connectivity index (χ0) is 13.6. The maximum atomic E-state index is 12.7. The summed E-state index contributed by atoms with van der Waals surface area (Å²) in [5, 5.41) is 3.41. The van der Waals surface area contributed by atoms with Gasteiger partial charge in [-0.15, -0.1) is 0 Å². The first-order valence-corrected chi connectivity index (χ1v) is 7.85. The maximum Gasteiger partial charge on any atom is 0.226 e. The van der Waals surface area contributed by atoms with E-state index in [9.17, 15) is 4.79 Å². The smallest absolute Gasteiger partial charge is 0.226 e. The number of hydrogen-bond acceptors (Lipinski definition) is 2. The molecule has 20 heavy (non-hydrogen) atoms. The Morgan fingerprint density at radius 2 is 1.95 bits per heavy atom. The molecule has 2 heterocycles. The van der Waals surface area contributed by atoms with Crippen molar-refractivity contribution in [3.8, 4) is 0 Å². The van der Waals surface area contributed by atoms with Crippen LogP contribution in [0.15, 0.2) is 24.3 Å². The average Bonchev–Trinajstić information content (AvgIpc) is 3.20. The highest BCUT2D eigenvalue weighted by atomic mass is 16.2. The fraction of sp³-hybridized carbons (Fsp3) is 0.588. The summed E-state index contributed by atoms with van der Waals surface area (Å²) in [4.78, 5) is 14.9. The Hall–Kier alpha value is -1.35. The van der Waals surface area contributed by atoms with Crippen molar-refractivity contribution in [1.29, 1.82) is 0 Å². The van der Waals surface area contributed by atoms with Crippen LogP contribution in [0.25, 0.3) is 0 Å². The van der Waals surface area contributed by atoms with Gasteiger partial charge in [-0.3, -0.25) is 4.79 Å². The number of rotatable bonds is 1. The molecule has 1 atom stereocenters. The summed E-state index contributed by atoms with van der Waals surface area (Å²) in [6, 6.07) is 8.55. The van der Waals surface area contributed by atoms with Gasteiger partial charge >= 0.3 is 0 Å².